The standard InChI is InChI=1S/C19H22N4O/c1-4-23(12-9-15-7-10-20-11-8-15)19(24)16-5-6-18-17(13-16)21-14(2)22(18)3/h5-8,10-11,13H,4,9,12H2,1-3H3. The Balaban J connectivity index is 1.78. The van der Waals surface area contributed by atoms with Gasteiger partial charge in [0.2, 0.25) is 0 Å². The number of nitrogens with zero attached hydrogens (tertiary/aromatic N) is 4. The summed E-state index contributed by atoms with van der Waals surface area (Å²) >= 11 is 0. The average molecular weight is 322 g/mol. The van der Waals surface area contributed by atoms with Crippen molar-refractivity contribution in [1.29, 1.82) is 0 Å². The van der Waals surface area contributed by atoms with Gasteiger partial charge in [-0.3, -0.25) is 9.78 Å². The third-order valence-electron chi connectivity index (χ3n) is 4.44. The Kier molecular flexibility index (Phi) is 4.60. The summed E-state index contributed by atoms with van der Waals surface area (Å²) in [5, 5.41) is 0. The second-order valence-corrected chi connectivity index (χ2v) is 5.91. The van der Waals surface area contributed by atoms with E-state index in [1.807, 2.05) is 60.7 Å². The zero-order chi connectivity index (χ0) is 17.1. The molecule has 0 aliphatic rings. The summed E-state index contributed by atoms with van der Waals surface area (Å²) in [5.74, 6) is 0.997. The van der Waals surface area contributed by atoms with Gasteiger partial charge in [-0.05, 0) is 56.2 Å². The Morgan fingerprint density at radius 1 is 1.21 bits per heavy atom. The number of rotatable bonds is 5. The summed E-state index contributed by atoms with van der Waals surface area (Å²) in [6.07, 6.45) is 4.39. The number of hydrogen-bond acceptors (Lipinski definition) is 3. The minimum atomic E-state index is 0.0526. The van der Waals surface area contributed by atoms with Crippen LogP contribution in [0.3, 0.4) is 0 Å². The number of aryl methyl sites for hydroxylation is 2. The van der Waals surface area contributed by atoms with Gasteiger partial charge < -0.3 is 9.47 Å². The molecule has 3 aromatic rings. The highest BCUT2D eigenvalue weighted by Crippen LogP contribution is 2.17. The summed E-state index contributed by atoms with van der Waals surface area (Å²) < 4.78 is 2.03. The minimum Gasteiger partial charge on any atom is -0.339 e. The number of benzene rings is 1. The third kappa shape index (κ3) is 3.15. The van der Waals surface area contributed by atoms with Gasteiger partial charge in [0.1, 0.15) is 5.82 Å². The van der Waals surface area contributed by atoms with Crippen LogP contribution in [0.1, 0.15) is 28.7 Å². The van der Waals surface area contributed by atoms with Crippen LogP contribution < -0.4 is 0 Å². The first-order valence-electron chi connectivity index (χ1n) is 8.21. The maximum Gasteiger partial charge on any atom is 0.253 e. The Labute approximate surface area is 142 Å². The molecular weight excluding hydrogens is 300 g/mol. The van der Waals surface area contributed by atoms with E-state index in [2.05, 4.69) is 9.97 Å². The lowest BCUT2D eigenvalue weighted by Gasteiger charge is -2.21. The lowest BCUT2D eigenvalue weighted by Crippen LogP contribution is -2.32. The fraction of sp³-hybridized carbons (Fsp3) is 0.316. The number of likely N-dealkylation sites (N-methyl/N-ethyl adjacent to an activating group) is 1. The second-order valence-electron chi connectivity index (χ2n) is 5.91. The molecule has 0 atom stereocenters. The Morgan fingerprint density at radius 2 is 1.96 bits per heavy atom. The van der Waals surface area contributed by atoms with Gasteiger partial charge in [0.25, 0.3) is 5.91 Å². The van der Waals surface area contributed by atoms with Crippen molar-refractivity contribution in [3.8, 4) is 0 Å². The first kappa shape index (κ1) is 16.2. The van der Waals surface area contributed by atoms with Crippen molar-refractivity contribution in [1.82, 2.24) is 19.4 Å². The third-order valence-corrected chi connectivity index (χ3v) is 4.44. The summed E-state index contributed by atoms with van der Waals surface area (Å²) in [4.78, 5) is 23.2. The van der Waals surface area contributed by atoms with Crippen LogP contribution >= 0.6 is 0 Å². The molecule has 0 saturated heterocycles. The fourth-order valence-corrected chi connectivity index (χ4v) is 2.85. The summed E-state index contributed by atoms with van der Waals surface area (Å²) in [7, 11) is 1.99. The number of aromatic nitrogens is 3. The zero-order valence-corrected chi connectivity index (χ0v) is 14.4. The largest absolute Gasteiger partial charge is 0.339 e. The SMILES string of the molecule is CCN(CCc1ccncc1)C(=O)c1ccc2c(c1)nc(C)n2C. The van der Waals surface area contributed by atoms with Crippen LogP contribution in [0.25, 0.3) is 11.0 Å². The molecule has 0 aliphatic carbocycles. The number of fused-ring (bicyclic) bond motifs is 1. The number of carbonyl (C=O) groups is 1. The summed E-state index contributed by atoms with van der Waals surface area (Å²) in [6, 6.07) is 9.72. The Morgan fingerprint density at radius 3 is 2.67 bits per heavy atom. The molecule has 0 saturated carbocycles. The number of carbonyl (C=O) groups excluding carboxylic acids is 1. The van der Waals surface area contributed by atoms with E-state index in [1.54, 1.807) is 12.4 Å². The molecule has 124 valence electrons. The number of amides is 1. The van der Waals surface area contributed by atoms with E-state index in [1.165, 1.54) is 5.56 Å². The predicted octanol–water partition coefficient (Wildman–Crippen LogP) is 2.98. The maximum absolute atomic E-state index is 12.8. The zero-order valence-electron chi connectivity index (χ0n) is 14.4. The fourth-order valence-electron chi connectivity index (χ4n) is 2.85. The van der Waals surface area contributed by atoms with E-state index in [9.17, 15) is 4.79 Å². The van der Waals surface area contributed by atoms with E-state index >= 15 is 0 Å². The first-order chi connectivity index (χ1) is 11.6. The molecule has 5 heteroatoms. The summed E-state index contributed by atoms with van der Waals surface area (Å²) in [5.41, 5.74) is 3.79. The molecule has 2 heterocycles. The molecule has 1 aromatic carbocycles. The lowest BCUT2D eigenvalue weighted by atomic mass is 10.1. The van der Waals surface area contributed by atoms with Crippen LogP contribution in [0.5, 0.6) is 0 Å². The van der Waals surface area contributed by atoms with Gasteiger partial charge in [0.05, 0.1) is 11.0 Å². The molecule has 1 amide bonds. The van der Waals surface area contributed by atoms with Gasteiger partial charge in [-0.25, -0.2) is 4.98 Å². The normalized spacial score (nSPS) is 11.0. The number of pyridine rings is 1. The molecule has 0 aliphatic heterocycles. The van der Waals surface area contributed by atoms with E-state index in [0.29, 0.717) is 18.7 Å². The van der Waals surface area contributed by atoms with E-state index < -0.39 is 0 Å². The topological polar surface area (TPSA) is 51.0 Å². The molecular formula is C19H22N4O. The number of hydrogen-bond donors (Lipinski definition) is 0. The van der Waals surface area contributed by atoms with E-state index in [0.717, 1.165) is 23.3 Å². The molecule has 5 nitrogen and oxygen atoms in total. The van der Waals surface area contributed by atoms with Crippen LogP contribution in [0.15, 0.2) is 42.7 Å². The molecule has 0 N–H and O–H groups in total. The van der Waals surface area contributed by atoms with Gasteiger partial charge in [-0.1, -0.05) is 0 Å². The highest BCUT2D eigenvalue weighted by molar-refractivity contribution is 5.97. The van der Waals surface area contributed by atoms with Crippen LogP contribution in [-0.4, -0.2) is 38.4 Å². The summed E-state index contributed by atoms with van der Waals surface area (Å²) in [6.45, 7) is 5.35. The molecule has 0 spiro atoms. The van der Waals surface area contributed by atoms with Gasteiger partial charge in [-0.2, -0.15) is 0 Å². The van der Waals surface area contributed by atoms with Crippen LogP contribution in [0.2, 0.25) is 0 Å². The maximum atomic E-state index is 12.8. The Bertz CT molecular complexity index is 854. The van der Waals surface area contributed by atoms with Crippen LogP contribution in [0.4, 0.5) is 0 Å². The van der Waals surface area contributed by atoms with Gasteiger partial charge in [-0.15, -0.1) is 0 Å². The van der Waals surface area contributed by atoms with Crippen molar-refractivity contribution in [2.24, 2.45) is 7.05 Å². The molecule has 0 radical (unpaired) electrons. The van der Waals surface area contributed by atoms with Crippen molar-refractivity contribution < 1.29 is 4.79 Å². The molecule has 0 unspecified atom stereocenters. The highest BCUT2D eigenvalue weighted by Gasteiger charge is 2.16. The van der Waals surface area contributed by atoms with Crippen molar-refractivity contribution >= 4 is 16.9 Å². The van der Waals surface area contributed by atoms with Gasteiger partial charge >= 0.3 is 0 Å². The monoisotopic (exact) mass is 322 g/mol. The quantitative estimate of drug-likeness (QED) is 0.725. The first-order valence-corrected chi connectivity index (χ1v) is 8.21. The van der Waals surface area contributed by atoms with Crippen molar-refractivity contribution in [3.05, 3.63) is 59.7 Å². The van der Waals surface area contributed by atoms with Crippen molar-refractivity contribution in [2.45, 2.75) is 20.3 Å². The van der Waals surface area contributed by atoms with Gasteiger partial charge in [0, 0.05) is 38.1 Å². The molecule has 0 fully saturated rings. The average Bonchev–Trinajstić information content (AvgIpc) is 2.90. The molecule has 3 rings (SSSR count). The molecule has 2 aromatic heterocycles. The highest BCUT2D eigenvalue weighted by atomic mass is 16.2. The molecule has 24 heavy (non-hydrogen) atoms. The minimum absolute atomic E-state index is 0.0526. The lowest BCUT2D eigenvalue weighted by molar-refractivity contribution is 0.0766. The second kappa shape index (κ2) is 6.83. The van der Waals surface area contributed by atoms with Gasteiger partial charge in [0.15, 0.2) is 0 Å². The molecule has 0 bridgehead atoms. The smallest absolute Gasteiger partial charge is 0.253 e. The van der Waals surface area contributed by atoms with E-state index in [-0.39, 0.29) is 5.91 Å². The van der Waals surface area contributed by atoms with Crippen molar-refractivity contribution in [3.63, 3.8) is 0 Å². The number of imidazole rings is 1. The van der Waals surface area contributed by atoms with Crippen LogP contribution in [-0.2, 0) is 13.5 Å². The Hall–Kier alpha value is -2.69. The van der Waals surface area contributed by atoms with Crippen LogP contribution in [0, 0.1) is 6.92 Å². The predicted molar refractivity (Wildman–Crippen MR) is 95.0 cm³/mol. The van der Waals surface area contributed by atoms with Crippen molar-refractivity contribution in [2.75, 3.05) is 13.1 Å². The van der Waals surface area contributed by atoms with E-state index in [4.69, 9.17) is 0 Å².